The molecule has 8 heteroatoms. The molecule has 0 saturated heterocycles. The standard InChI is InChI=1S/C24H26F4N2O2/c1-30-10-13(20(32)8-14(11-31)23(25)24(26,27)28)7-16-15-3-2-4-18-21(15)17(9-19(16)30)22(29-18)12-5-6-12/h2-4,7,12-14,19,23,29,31H,5-6,8-11H2,1H3. The van der Waals surface area contributed by atoms with E-state index in [0.29, 0.717) is 12.5 Å². The molecule has 4 atom stereocenters. The van der Waals surface area contributed by atoms with Gasteiger partial charge in [0.25, 0.3) is 0 Å². The fourth-order valence-electron chi connectivity index (χ4n) is 5.43. The normalized spacial score (nSPS) is 25.4. The molecule has 0 radical (unpaired) electrons. The Balaban J connectivity index is 1.47. The van der Waals surface area contributed by atoms with Crippen LogP contribution in [0, 0.1) is 11.8 Å². The second-order valence-electron chi connectivity index (χ2n) is 9.46. The van der Waals surface area contributed by atoms with Gasteiger partial charge in [0.05, 0.1) is 0 Å². The number of aliphatic hydroxyl groups excluding tert-OH is 1. The average molecular weight is 450 g/mol. The number of hydrogen-bond acceptors (Lipinski definition) is 3. The van der Waals surface area contributed by atoms with Gasteiger partial charge in [-0.2, -0.15) is 13.2 Å². The maximum atomic E-state index is 13.8. The van der Waals surface area contributed by atoms with Crippen LogP contribution in [-0.4, -0.2) is 59.4 Å². The van der Waals surface area contributed by atoms with Crippen LogP contribution < -0.4 is 0 Å². The summed E-state index contributed by atoms with van der Waals surface area (Å²) in [7, 11) is 1.92. The number of fused-ring (bicyclic) bond motifs is 2. The van der Waals surface area contributed by atoms with Crippen molar-refractivity contribution in [2.45, 2.75) is 50.0 Å². The molecule has 1 aromatic carbocycles. The number of hydrogen-bond donors (Lipinski definition) is 2. The number of H-pyrrole nitrogens is 1. The SMILES string of the molecule is CN1CC(C(=O)CC(CO)C(F)C(F)(F)F)C=C2c3cccc4[nH]c(C5CC5)c(c34)CC21. The molecule has 0 bridgehead atoms. The molecule has 5 rings (SSSR count). The van der Waals surface area contributed by atoms with Gasteiger partial charge in [0, 0.05) is 54.0 Å². The Bertz CT molecular complexity index is 1090. The third kappa shape index (κ3) is 3.57. The number of ketones is 1. The number of carbonyl (C=O) groups excluding carboxylic acids is 1. The first-order chi connectivity index (χ1) is 15.2. The number of Topliss-reactive ketones (excluding diaryl/α,β-unsaturated/α-hetero) is 1. The van der Waals surface area contributed by atoms with Crippen LogP contribution in [0.3, 0.4) is 0 Å². The van der Waals surface area contributed by atoms with Gasteiger partial charge in [-0.15, -0.1) is 0 Å². The molecule has 3 aliphatic rings. The minimum atomic E-state index is -5.09. The lowest BCUT2D eigenvalue weighted by Gasteiger charge is -2.40. The van der Waals surface area contributed by atoms with Crippen LogP contribution in [0.5, 0.6) is 0 Å². The van der Waals surface area contributed by atoms with E-state index < -0.39 is 43.0 Å². The van der Waals surface area contributed by atoms with E-state index in [-0.39, 0.29) is 6.04 Å². The largest absolute Gasteiger partial charge is 0.420 e. The van der Waals surface area contributed by atoms with Crippen LogP contribution in [0.4, 0.5) is 17.6 Å². The number of rotatable bonds is 6. The fourth-order valence-corrected chi connectivity index (χ4v) is 5.43. The van der Waals surface area contributed by atoms with Crippen molar-refractivity contribution in [1.82, 2.24) is 9.88 Å². The molecule has 32 heavy (non-hydrogen) atoms. The molecule has 1 fully saturated rings. The molecule has 2 heterocycles. The van der Waals surface area contributed by atoms with Crippen LogP contribution in [0.2, 0.25) is 0 Å². The predicted octanol–water partition coefficient (Wildman–Crippen LogP) is 4.38. The number of carbonyl (C=O) groups is 1. The molecule has 1 aromatic heterocycles. The monoisotopic (exact) mass is 450 g/mol. The highest BCUT2D eigenvalue weighted by Gasteiger charge is 2.46. The predicted molar refractivity (Wildman–Crippen MR) is 113 cm³/mol. The number of halogens is 4. The van der Waals surface area contributed by atoms with Gasteiger partial charge in [0.2, 0.25) is 6.17 Å². The van der Waals surface area contributed by atoms with Crippen molar-refractivity contribution in [3.8, 4) is 0 Å². The summed E-state index contributed by atoms with van der Waals surface area (Å²) in [5, 5.41) is 10.5. The van der Waals surface area contributed by atoms with Crippen molar-refractivity contribution in [2.75, 3.05) is 20.2 Å². The van der Waals surface area contributed by atoms with Crippen molar-refractivity contribution in [3.63, 3.8) is 0 Å². The van der Waals surface area contributed by atoms with E-state index in [9.17, 15) is 27.5 Å². The van der Waals surface area contributed by atoms with E-state index in [1.807, 2.05) is 25.3 Å². The maximum absolute atomic E-state index is 13.8. The molecule has 2 aliphatic carbocycles. The first kappa shape index (κ1) is 21.6. The Kier molecular flexibility index (Phi) is 5.21. The quantitative estimate of drug-likeness (QED) is 0.643. The van der Waals surface area contributed by atoms with Crippen LogP contribution in [-0.2, 0) is 11.2 Å². The van der Waals surface area contributed by atoms with Crippen LogP contribution in [0.1, 0.15) is 42.0 Å². The van der Waals surface area contributed by atoms with Crippen molar-refractivity contribution in [2.24, 2.45) is 11.8 Å². The Labute approximate surface area is 183 Å². The maximum Gasteiger partial charge on any atom is 0.420 e. The molecule has 1 saturated carbocycles. The average Bonchev–Trinajstić information content (AvgIpc) is 3.53. The Morgan fingerprint density at radius 3 is 2.72 bits per heavy atom. The first-order valence-corrected chi connectivity index (χ1v) is 11.1. The van der Waals surface area contributed by atoms with Gasteiger partial charge >= 0.3 is 6.18 Å². The zero-order chi connectivity index (χ0) is 22.8. The molecule has 172 valence electrons. The number of benzene rings is 1. The molecular weight excluding hydrogens is 424 g/mol. The molecule has 2 aromatic rings. The van der Waals surface area contributed by atoms with Gasteiger partial charge in [0.15, 0.2) is 0 Å². The van der Waals surface area contributed by atoms with Crippen molar-refractivity contribution >= 4 is 22.3 Å². The number of likely N-dealkylation sites (N-methyl/N-ethyl adjacent to an activating group) is 1. The molecule has 4 unspecified atom stereocenters. The number of aliphatic hydroxyl groups is 1. The zero-order valence-electron chi connectivity index (χ0n) is 17.8. The van der Waals surface area contributed by atoms with Gasteiger partial charge < -0.3 is 10.1 Å². The summed E-state index contributed by atoms with van der Waals surface area (Å²) in [5.41, 5.74) is 5.77. The molecule has 1 aliphatic heterocycles. The second kappa shape index (κ2) is 7.70. The summed E-state index contributed by atoms with van der Waals surface area (Å²) in [5.74, 6) is -2.31. The van der Waals surface area contributed by atoms with Gasteiger partial charge in [-0.3, -0.25) is 9.69 Å². The minimum absolute atomic E-state index is 0.0863. The van der Waals surface area contributed by atoms with E-state index in [2.05, 4.69) is 16.0 Å². The Hall–Kier alpha value is -2.19. The Morgan fingerprint density at radius 2 is 2.06 bits per heavy atom. The number of alkyl halides is 4. The van der Waals surface area contributed by atoms with E-state index >= 15 is 0 Å². The first-order valence-electron chi connectivity index (χ1n) is 11.1. The second-order valence-corrected chi connectivity index (χ2v) is 9.46. The molecule has 0 spiro atoms. The smallest absolute Gasteiger partial charge is 0.396 e. The van der Waals surface area contributed by atoms with Crippen molar-refractivity contribution in [3.05, 3.63) is 41.1 Å². The number of aromatic nitrogens is 1. The molecule has 4 nitrogen and oxygen atoms in total. The third-order valence-electron chi connectivity index (χ3n) is 7.25. The summed E-state index contributed by atoms with van der Waals surface area (Å²) in [6.45, 7) is -0.660. The summed E-state index contributed by atoms with van der Waals surface area (Å²) < 4.78 is 52.1. The molecular formula is C24H26F4N2O2. The minimum Gasteiger partial charge on any atom is -0.396 e. The van der Waals surface area contributed by atoms with Crippen LogP contribution in [0.25, 0.3) is 16.5 Å². The fraction of sp³-hybridized carbons (Fsp3) is 0.542. The molecule has 0 amide bonds. The van der Waals surface area contributed by atoms with E-state index in [1.165, 1.54) is 29.5 Å². The number of aromatic amines is 1. The van der Waals surface area contributed by atoms with Crippen LogP contribution >= 0.6 is 0 Å². The lowest BCUT2D eigenvalue weighted by molar-refractivity contribution is -0.198. The van der Waals surface area contributed by atoms with Gasteiger partial charge in [-0.25, -0.2) is 4.39 Å². The summed E-state index contributed by atoms with van der Waals surface area (Å²) in [6.07, 6.45) is -3.89. The highest BCUT2D eigenvalue weighted by molar-refractivity contribution is 6.00. The topological polar surface area (TPSA) is 56.3 Å². The van der Waals surface area contributed by atoms with Gasteiger partial charge in [-0.1, -0.05) is 18.2 Å². The summed E-state index contributed by atoms with van der Waals surface area (Å²) >= 11 is 0. The van der Waals surface area contributed by atoms with E-state index in [1.54, 1.807) is 0 Å². The lowest BCUT2D eigenvalue weighted by Crippen LogP contribution is -2.45. The number of nitrogens with one attached hydrogen (secondary N) is 1. The van der Waals surface area contributed by atoms with E-state index in [4.69, 9.17) is 0 Å². The summed E-state index contributed by atoms with van der Waals surface area (Å²) in [4.78, 5) is 18.6. The highest BCUT2D eigenvalue weighted by Crippen LogP contribution is 2.48. The van der Waals surface area contributed by atoms with Crippen LogP contribution in [0.15, 0.2) is 24.3 Å². The van der Waals surface area contributed by atoms with Crippen molar-refractivity contribution < 1.29 is 27.5 Å². The number of nitrogens with zero attached hydrogens (tertiary/aromatic N) is 1. The summed E-state index contributed by atoms with van der Waals surface area (Å²) in [6, 6.07) is 6.15. The lowest BCUT2D eigenvalue weighted by atomic mass is 9.77. The van der Waals surface area contributed by atoms with Gasteiger partial charge in [0.1, 0.15) is 5.78 Å². The Morgan fingerprint density at radius 1 is 1.31 bits per heavy atom. The molecule has 2 N–H and O–H groups in total. The van der Waals surface area contributed by atoms with Crippen molar-refractivity contribution in [1.29, 1.82) is 0 Å². The van der Waals surface area contributed by atoms with Gasteiger partial charge in [-0.05, 0) is 55.0 Å². The van der Waals surface area contributed by atoms with E-state index in [0.717, 1.165) is 23.1 Å². The third-order valence-corrected chi connectivity index (χ3v) is 7.25. The zero-order valence-corrected chi connectivity index (χ0v) is 17.8. The highest BCUT2D eigenvalue weighted by atomic mass is 19.4.